The highest BCUT2D eigenvalue weighted by atomic mass is 19.1. The predicted octanol–water partition coefficient (Wildman–Crippen LogP) is 2.46. The van der Waals surface area contributed by atoms with Crippen LogP contribution in [0.2, 0.25) is 0 Å². The number of benzene rings is 1. The van der Waals surface area contributed by atoms with Crippen molar-refractivity contribution in [3.63, 3.8) is 0 Å². The number of halogens is 1. The first-order chi connectivity index (χ1) is 6.33. The van der Waals surface area contributed by atoms with Crippen LogP contribution in [0.25, 0.3) is 0 Å². The molecule has 0 saturated heterocycles. The Bertz CT molecular complexity index is 267. The van der Waals surface area contributed by atoms with Gasteiger partial charge in [-0.2, -0.15) is 0 Å². The second-order valence-electron chi connectivity index (χ2n) is 2.83. The zero-order valence-corrected chi connectivity index (χ0v) is 7.41. The lowest BCUT2D eigenvalue weighted by atomic mass is 10.1. The fourth-order valence-corrected chi connectivity index (χ4v) is 1.10. The van der Waals surface area contributed by atoms with Gasteiger partial charge in [-0.1, -0.05) is 36.4 Å². The van der Waals surface area contributed by atoms with E-state index in [1.807, 2.05) is 30.3 Å². The lowest BCUT2D eigenvalue weighted by Crippen LogP contribution is -1.85. The van der Waals surface area contributed by atoms with Crippen LogP contribution in [0.15, 0.2) is 42.2 Å². The van der Waals surface area contributed by atoms with Gasteiger partial charge in [-0.25, -0.2) is 4.39 Å². The molecule has 0 unspecified atom stereocenters. The van der Waals surface area contributed by atoms with Crippen LogP contribution in [0.1, 0.15) is 12.0 Å². The average Bonchev–Trinajstić information content (AvgIpc) is 2.19. The van der Waals surface area contributed by atoms with Gasteiger partial charge >= 0.3 is 0 Å². The highest BCUT2D eigenvalue weighted by molar-refractivity contribution is 5.15. The van der Waals surface area contributed by atoms with Gasteiger partial charge in [0.2, 0.25) is 0 Å². The molecule has 0 aromatic heterocycles. The summed E-state index contributed by atoms with van der Waals surface area (Å²) in [6, 6.07) is 9.88. The van der Waals surface area contributed by atoms with Crippen LogP contribution in [0.5, 0.6) is 0 Å². The molecule has 0 radical (unpaired) electrons. The molecule has 1 N–H and O–H groups in total. The molecular weight excluding hydrogens is 167 g/mol. The van der Waals surface area contributed by atoms with Gasteiger partial charge < -0.3 is 5.11 Å². The van der Waals surface area contributed by atoms with Crippen molar-refractivity contribution >= 4 is 0 Å². The van der Waals surface area contributed by atoms with Crippen LogP contribution in [0.3, 0.4) is 0 Å². The van der Waals surface area contributed by atoms with Crippen molar-refractivity contribution in [2.75, 3.05) is 6.61 Å². The van der Waals surface area contributed by atoms with E-state index in [1.54, 1.807) is 0 Å². The summed E-state index contributed by atoms with van der Waals surface area (Å²) in [5, 5.41) is 8.39. The zero-order chi connectivity index (χ0) is 9.52. The zero-order valence-electron chi connectivity index (χ0n) is 7.41. The predicted molar refractivity (Wildman–Crippen MR) is 51.0 cm³/mol. The van der Waals surface area contributed by atoms with E-state index in [4.69, 9.17) is 5.11 Å². The summed E-state index contributed by atoms with van der Waals surface area (Å²) in [6.07, 6.45) is 2.87. The van der Waals surface area contributed by atoms with E-state index < -0.39 is 12.4 Å². The summed E-state index contributed by atoms with van der Waals surface area (Å²) in [7, 11) is 0. The second kappa shape index (κ2) is 5.49. The third-order valence-corrected chi connectivity index (χ3v) is 1.79. The highest BCUT2D eigenvalue weighted by Gasteiger charge is 1.92. The Hall–Kier alpha value is -1.15. The van der Waals surface area contributed by atoms with E-state index in [9.17, 15) is 4.39 Å². The van der Waals surface area contributed by atoms with E-state index in [2.05, 4.69) is 0 Å². The third kappa shape index (κ3) is 3.85. The lowest BCUT2D eigenvalue weighted by Gasteiger charge is -1.96. The minimum absolute atomic E-state index is 0.448. The van der Waals surface area contributed by atoms with Crippen molar-refractivity contribution in [1.29, 1.82) is 0 Å². The van der Waals surface area contributed by atoms with Gasteiger partial charge in [0.15, 0.2) is 0 Å². The Morgan fingerprint density at radius 1 is 1.31 bits per heavy atom. The first kappa shape index (κ1) is 9.93. The first-order valence-corrected chi connectivity index (χ1v) is 4.32. The maximum absolute atomic E-state index is 12.4. The lowest BCUT2D eigenvalue weighted by molar-refractivity contribution is 0.297. The second-order valence-corrected chi connectivity index (χ2v) is 2.83. The third-order valence-electron chi connectivity index (χ3n) is 1.79. The Morgan fingerprint density at radius 2 is 2.00 bits per heavy atom. The SMILES string of the molecule is OC/C(F)=C\CCc1ccccc1. The summed E-state index contributed by atoms with van der Waals surface area (Å²) in [6.45, 7) is -0.491. The van der Waals surface area contributed by atoms with Gasteiger partial charge in [0.25, 0.3) is 0 Å². The molecule has 1 rings (SSSR count). The first-order valence-electron chi connectivity index (χ1n) is 4.32. The van der Waals surface area contributed by atoms with E-state index in [1.165, 1.54) is 11.6 Å². The van der Waals surface area contributed by atoms with Crippen LogP contribution in [0.4, 0.5) is 4.39 Å². The quantitative estimate of drug-likeness (QED) is 0.754. The van der Waals surface area contributed by atoms with Crippen LogP contribution in [0, 0.1) is 0 Å². The normalized spacial score (nSPS) is 11.7. The molecule has 0 aliphatic rings. The van der Waals surface area contributed by atoms with Crippen molar-refractivity contribution in [2.45, 2.75) is 12.8 Å². The van der Waals surface area contributed by atoms with Crippen molar-refractivity contribution < 1.29 is 9.50 Å². The summed E-state index contributed by atoms with van der Waals surface area (Å²) >= 11 is 0. The summed E-state index contributed by atoms with van der Waals surface area (Å²) in [5.74, 6) is -0.448. The Labute approximate surface area is 77.5 Å². The van der Waals surface area contributed by atoms with Crippen molar-refractivity contribution in [3.8, 4) is 0 Å². The van der Waals surface area contributed by atoms with Crippen LogP contribution < -0.4 is 0 Å². The van der Waals surface area contributed by atoms with Crippen LogP contribution in [-0.4, -0.2) is 11.7 Å². The summed E-state index contributed by atoms with van der Waals surface area (Å²) in [5.41, 5.74) is 1.18. The molecule has 0 aliphatic heterocycles. The number of aliphatic hydroxyl groups excluding tert-OH is 1. The number of rotatable bonds is 4. The Balaban J connectivity index is 2.36. The van der Waals surface area contributed by atoms with Crippen molar-refractivity contribution in [3.05, 3.63) is 47.8 Å². The number of hydrogen-bond acceptors (Lipinski definition) is 1. The molecule has 0 atom stereocenters. The Kier molecular flexibility index (Phi) is 4.19. The van der Waals surface area contributed by atoms with Crippen molar-refractivity contribution in [1.82, 2.24) is 0 Å². The fourth-order valence-electron chi connectivity index (χ4n) is 1.10. The van der Waals surface area contributed by atoms with Gasteiger partial charge in [0.1, 0.15) is 5.83 Å². The molecule has 13 heavy (non-hydrogen) atoms. The average molecular weight is 180 g/mol. The maximum atomic E-state index is 12.4. The molecule has 0 bridgehead atoms. The number of hydrogen-bond donors (Lipinski definition) is 1. The van der Waals surface area contributed by atoms with E-state index in [-0.39, 0.29) is 0 Å². The molecule has 0 saturated carbocycles. The fraction of sp³-hybridized carbons (Fsp3) is 0.273. The highest BCUT2D eigenvalue weighted by Crippen LogP contribution is 2.05. The molecule has 0 spiro atoms. The van der Waals surface area contributed by atoms with Gasteiger partial charge in [0.05, 0.1) is 6.61 Å². The monoisotopic (exact) mass is 180 g/mol. The molecule has 0 fully saturated rings. The minimum atomic E-state index is -0.491. The molecule has 70 valence electrons. The standard InChI is InChI=1S/C11H13FO/c12-11(9-13)8-4-7-10-5-2-1-3-6-10/h1-3,5-6,8,13H,4,7,9H2/b11-8+. The molecule has 0 aliphatic carbocycles. The largest absolute Gasteiger partial charge is 0.389 e. The molecule has 0 amide bonds. The summed E-state index contributed by atoms with van der Waals surface area (Å²) < 4.78 is 12.4. The smallest absolute Gasteiger partial charge is 0.121 e. The van der Waals surface area contributed by atoms with E-state index in [0.29, 0.717) is 6.42 Å². The molecule has 1 aromatic rings. The topological polar surface area (TPSA) is 20.2 Å². The van der Waals surface area contributed by atoms with Gasteiger partial charge in [0, 0.05) is 0 Å². The number of aliphatic hydroxyl groups is 1. The molecular formula is C11H13FO. The van der Waals surface area contributed by atoms with E-state index in [0.717, 1.165) is 6.42 Å². The number of aryl methyl sites for hydroxylation is 1. The van der Waals surface area contributed by atoms with E-state index >= 15 is 0 Å². The van der Waals surface area contributed by atoms with Gasteiger partial charge in [-0.15, -0.1) is 0 Å². The van der Waals surface area contributed by atoms with Gasteiger partial charge in [-0.05, 0) is 18.4 Å². The van der Waals surface area contributed by atoms with Gasteiger partial charge in [-0.3, -0.25) is 0 Å². The molecule has 0 heterocycles. The van der Waals surface area contributed by atoms with Crippen molar-refractivity contribution in [2.24, 2.45) is 0 Å². The van der Waals surface area contributed by atoms with Crippen LogP contribution in [-0.2, 0) is 6.42 Å². The molecule has 1 aromatic carbocycles. The number of allylic oxidation sites excluding steroid dienone is 1. The maximum Gasteiger partial charge on any atom is 0.121 e. The minimum Gasteiger partial charge on any atom is -0.389 e. The Morgan fingerprint density at radius 3 is 2.62 bits per heavy atom. The summed E-state index contributed by atoms with van der Waals surface area (Å²) in [4.78, 5) is 0. The molecule has 1 nitrogen and oxygen atoms in total. The van der Waals surface area contributed by atoms with Crippen LogP contribution >= 0.6 is 0 Å². The molecule has 2 heteroatoms.